The molecule has 1 fully saturated rings. The average Bonchev–Trinajstić information content (AvgIpc) is 2.63. The van der Waals surface area contributed by atoms with Gasteiger partial charge in [0, 0.05) is 24.9 Å². The number of nitrogens with zero attached hydrogens (tertiary/aromatic N) is 1. The van der Waals surface area contributed by atoms with Crippen LogP contribution in [-0.2, 0) is 4.74 Å². The molecule has 0 amide bonds. The van der Waals surface area contributed by atoms with Crippen molar-refractivity contribution in [3.8, 4) is 5.75 Å². The summed E-state index contributed by atoms with van der Waals surface area (Å²) in [6, 6.07) is 18.1. The zero-order chi connectivity index (χ0) is 18.4. The highest BCUT2D eigenvalue weighted by Gasteiger charge is 2.33. The molecule has 0 saturated carbocycles. The third-order valence-electron chi connectivity index (χ3n) is 5.27. The van der Waals surface area contributed by atoms with Crippen LogP contribution < -0.4 is 0 Å². The lowest BCUT2D eigenvalue weighted by molar-refractivity contribution is -0.0771. The van der Waals surface area contributed by atoms with Crippen LogP contribution in [0, 0.1) is 5.92 Å². The van der Waals surface area contributed by atoms with Gasteiger partial charge in [-0.1, -0.05) is 42.5 Å². The van der Waals surface area contributed by atoms with Crippen LogP contribution in [0.2, 0.25) is 0 Å². The highest BCUT2D eigenvalue weighted by Crippen LogP contribution is 2.39. The summed E-state index contributed by atoms with van der Waals surface area (Å²) in [5.41, 5.74) is 2.12. The van der Waals surface area contributed by atoms with Gasteiger partial charge in [0.15, 0.2) is 0 Å². The average molecular weight is 351 g/mol. The lowest BCUT2D eigenvalue weighted by atomic mass is 9.75. The van der Waals surface area contributed by atoms with Crippen molar-refractivity contribution in [3.05, 3.63) is 65.7 Å². The predicted molar refractivity (Wildman–Crippen MR) is 107 cm³/mol. The Bertz CT molecular complexity index is 724. The third-order valence-corrected chi connectivity index (χ3v) is 5.27. The summed E-state index contributed by atoms with van der Waals surface area (Å²) in [6.45, 7) is 5.98. The quantitative estimate of drug-likeness (QED) is 0.728. The van der Waals surface area contributed by atoms with Gasteiger partial charge in [0.1, 0.15) is 5.75 Å². The molecule has 1 aliphatic rings. The third kappa shape index (κ3) is 4.95. The van der Waals surface area contributed by atoms with E-state index >= 15 is 0 Å². The van der Waals surface area contributed by atoms with E-state index in [0.29, 0.717) is 11.8 Å². The first-order valence-corrected chi connectivity index (χ1v) is 9.52. The van der Waals surface area contributed by atoms with E-state index in [-0.39, 0.29) is 11.4 Å². The summed E-state index contributed by atoms with van der Waals surface area (Å²) in [5, 5.41) is 9.85. The molecule has 3 nitrogen and oxygen atoms in total. The molecule has 2 atom stereocenters. The van der Waals surface area contributed by atoms with Crippen molar-refractivity contribution >= 4 is 6.21 Å². The summed E-state index contributed by atoms with van der Waals surface area (Å²) >= 11 is 0. The Morgan fingerprint density at radius 1 is 1.15 bits per heavy atom. The minimum Gasteiger partial charge on any atom is -0.507 e. The van der Waals surface area contributed by atoms with Gasteiger partial charge in [-0.15, -0.1) is 0 Å². The summed E-state index contributed by atoms with van der Waals surface area (Å²) in [6.07, 6.45) is 4.97. The molecule has 0 spiro atoms. The fourth-order valence-corrected chi connectivity index (χ4v) is 3.97. The van der Waals surface area contributed by atoms with Crippen molar-refractivity contribution in [2.75, 3.05) is 13.2 Å². The second-order valence-corrected chi connectivity index (χ2v) is 7.76. The lowest BCUT2D eigenvalue weighted by Crippen LogP contribution is -2.36. The highest BCUT2D eigenvalue weighted by atomic mass is 16.5. The standard InChI is InChI=1S/C23H29NO2/c1-23(2)16-19(13-15-26-23)21(18-8-4-3-5-9-18)12-14-24-17-20-10-6-7-11-22(20)25/h3-11,17,19,21,25H,12-16H2,1-2H3/t19-,21+/m0/s1. The molecule has 2 aromatic carbocycles. The molecule has 0 aliphatic carbocycles. The van der Waals surface area contributed by atoms with Crippen LogP contribution in [-0.4, -0.2) is 30.1 Å². The van der Waals surface area contributed by atoms with Crippen LogP contribution in [0.5, 0.6) is 5.75 Å². The summed E-state index contributed by atoms with van der Waals surface area (Å²) < 4.78 is 5.92. The van der Waals surface area contributed by atoms with Crippen LogP contribution in [0.1, 0.15) is 50.2 Å². The van der Waals surface area contributed by atoms with Gasteiger partial charge < -0.3 is 9.84 Å². The lowest BCUT2D eigenvalue weighted by Gasteiger charge is -2.39. The van der Waals surface area contributed by atoms with Crippen LogP contribution >= 0.6 is 0 Å². The molecule has 1 heterocycles. The summed E-state index contributed by atoms with van der Waals surface area (Å²) in [4.78, 5) is 4.58. The molecule has 138 valence electrons. The van der Waals surface area contributed by atoms with Crippen LogP contribution in [0.4, 0.5) is 0 Å². The number of rotatable bonds is 6. The number of para-hydroxylation sites is 1. The molecule has 2 aromatic rings. The molecule has 1 aliphatic heterocycles. The van der Waals surface area contributed by atoms with Crippen LogP contribution in [0.3, 0.4) is 0 Å². The molecule has 1 N–H and O–H groups in total. The van der Waals surface area contributed by atoms with Crippen molar-refractivity contribution in [2.45, 2.75) is 44.6 Å². The maximum atomic E-state index is 9.85. The van der Waals surface area contributed by atoms with Gasteiger partial charge in [-0.25, -0.2) is 0 Å². The Morgan fingerprint density at radius 3 is 2.62 bits per heavy atom. The van der Waals surface area contributed by atoms with Crippen molar-refractivity contribution in [1.29, 1.82) is 0 Å². The fraction of sp³-hybridized carbons (Fsp3) is 0.435. The van der Waals surface area contributed by atoms with Gasteiger partial charge in [-0.05, 0) is 62.6 Å². The molecular formula is C23H29NO2. The van der Waals surface area contributed by atoms with Crippen LogP contribution in [0.25, 0.3) is 0 Å². The van der Waals surface area contributed by atoms with Crippen molar-refractivity contribution in [2.24, 2.45) is 10.9 Å². The normalized spacial score (nSPS) is 20.9. The largest absolute Gasteiger partial charge is 0.507 e. The SMILES string of the molecule is CC1(C)C[C@@H]([C@H](CCN=Cc2ccccc2O)c2ccccc2)CCO1. The first-order valence-electron chi connectivity index (χ1n) is 9.52. The Balaban J connectivity index is 1.69. The predicted octanol–water partition coefficient (Wildman–Crippen LogP) is 5.19. The minimum atomic E-state index is -0.0466. The van der Waals surface area contributed by atoms with E-state index in [1.807, 2.05) is 18.2 Å². The number of ether oxygens (including phenoxy) is 1. The van der Waals surface area contributed by atoms with E-state index < -0.39 is 0 Å². The Labute approximate surface area is 156 Å². The van der Waals surface area contributed by atoms with Crippen molar-refractivity contribution in [3.63, 3.8) is 0 Å². The Hall–Kier alpha value is -2.13. The number of phenols is 1. The van der Waals surface area contributed by atoms with Gasteiger partial charge in [0.2, 0.25) is 0 Å². The maximum Gasteiger partial charge on any atom is 0.124 e. The zero-order valence-electron chi connectivity index (χ0n) is 15.8. The second kappa shape index (κ2) is 8.50. The monoisotopic (exact) mass is 351 g/mol. The molecule has 1 saturated heterocycles. The highest BCUT2D eigenvalue weighted by molar-refractivity contribution is 5.83. The first kappa shape index (κ1) is 18.7. The first-order chi connectivity index (χ1) is 12.6. The van der Waals surface area contributed by atoms with Gasteiger partial charge in [0.05, 0.1) is 5.60 Å². The molecule has 0 bridgehead atoms. The Morgan fingerprint density at radius 2 is 1.88 bits per heavy atom. The second-order valence-electron chi connectivity index (χ2n) is 7.76. The molecule has 0 radical (unpaired) electrons. The van der Waals surface area contributed by atoms with E-state index in [9.17, 15) is 5.11 Å². The summed E-state index contributed by atoms with van der Waals surface area (Å²) in [5.74, 6) is 1.38. The van der Waals surface area contributed by atoms with E-state index in [1.54, 1.807) is 12.3 Å². The molecule has 3 rings (SSSR count). The number of phenolic OH excluding ortho intramolecular Hbond substituents is 1. The number of hydrogen-bond donors (Lipinski definition) is 1. The Kier molecular flexibility index (Phi) is 6.10. The van der Waals surface area contributed by atoms with E-state index in [2.05, 4.69) is 49.2 Å². The van der Waals surface area contributed by atoms with E-state index in [0.717, 1.165) is 38.0 Å². The van der Waals surface area contributed by atoms with Gasteiger partial charge in [-0.2, -0.15) is 0 Å². The molecular weight excluding hydrogens is 322 g/mol. The minimum absolute atomic E-state index is 0.0466. The van der Waals surface area contributed by atoms with E-state index in [4.69, 9.17) is 4.74 Å². The molecule has 3 heteroatoms. The molecule has 0 aromatic heterocycles. The number of benzene rings is 2. The number of aliphatic imine (C=N–C) groups is 1. The maximum absolute atomic E-state index is 9.85. The topological polar surface area (TPSA) is 41.8 Å². The number of hydrogen-bond acceptors (Lipinski definition) is 3. The molecule has 0 unspecified atom stereocenters. The van der Waals surface area contributed by atoms with Gasteiger partial charge in [0.25, 0.3) is 0 Å². The summed E-state index contributed by atoms with van der Waals surface area (Å²) in [7, 11) is 0. The zero-order valence-corrected chi connectivity index (χ0v) is 15.8. The van der Waals surface area contributed by atoms with Gasteiger partial charge in [-0.3, -0.25) is 4.99 Å². The van der Waals surface area contributed by atoms with E-state index in [1.165, 1.54) is 5.56 Å². The smallest absolute Gasteiger partial charge is 0.124 e. The van der Waals surface area contributed by atoms with Crippen LogP contribution in [0.15, 0.2) is 59.6 Å². The van der Waals surface area contributed by atoms with Crippen molar-refractivity contribution < 1.29 is 9.84 Å². The van der Waals surface area contributed by atoms with Crippen molar-refractivity contribution in [1.82, 2.24) is 0 Å². The number of aromatic hydroxyl groups is 1. The molecule has 26 heavy (non-hydrogen) atoms. The fourth-order valence-electron chi connectivity index (χ4n) is 3.97. The van der Waals surface area contributed by atoms with Gasteiger partial charge >= 0.3 is 0 Å².